The highest BCUT2D eigenvalue weighted by atomic mass is 32.2. The van der Waals surface area contributed by atoms with Crippen molar-refractivity contribution in [3.05, 3.63) is 54.1 Å². The number of rotatable bonds is 8. The lowest BCUT2D eigenvalue weighted by Crippen LogP contribution is -2.48. The molecule has 0 unspecified atom stereocenters. The van der Waals surface area contributed by atoms with Gasteiger partial charge in [0.1, 0.15) is 6.04 Å². The molecule has 28 heavy (non-hydrogen) atoms. The Morgan fingerprint density at radius 2 is 1.64 bits per heavy atom. The highest BCUT2D eigenvalue weighted by molar-refractivity contribution is 7.92. The molecule has 0 fully saturated rings. The van der Waals surface area contributed by atoms with E-state index in [0.29, 0.717) is 23.7 Å². The average molecular weight is 407 g/mol. The van der Waals surface area contributed by atoms with Crippen LogP contribution in [0.3, 0.4) is 0 Å². The molecule has 0 saturated heterocycles. The highest BCUT2D eigenvalue weighted by Crippen LogP contribution is 2.33. The van der Waals surface area contributed by atoms with Gasteiger partial charge >= 0.3 is 0 Å². The van der Waals surface area contributed by atoms with Gasteiger partial charge in [0.25, 0.3) is 0 Å². The van der Waals surface area contributed by atoms with Crippen molar-refractivity contribution >= 4 is 21.6 Å². The number of benzene rings is 2. The number of nitrogens with zero attached hydrogens (tertiary/aromatic N) is 2. The van der Waals surface area contributed by atoms with Gasteiger partial charge in [-0.15, -0.1) is 0 Å². The molecular weight excluding hydrogens is 380 g/mol. The van der Waals surface area contributed by atoms with Crippen LogP contribution in [0.25, 0.3) is 0 Å². The smallest absolute Gasteiger partial charge is 0.246 e. The van der Waals surface area contributed by atoms with Gasteiger partial charge in [-0.25, -0.2) is 8.42 Å². The third-order valence-corrected chi connectivity index (χ3v) is 5.57. The fourth-order valence-corrected chi connectivity index (χ4v) is 4.18. The number of ether oxygens (including phenoxy) is 2. The van der Waals surface area contributed by atoms with Gasteiger partial charge in [0.05, 0.1) is 26.2 Å². The number of carbonyl (C=O) groups is 1. The Kier molecular flexibility index (Phi) is 6.90. The summed E-state index contributed by atoms with van der Waals surface area (Å²) in [7, 11) is 0.893. The quantitative estimate of drug-likeness (QED) is 0.673. The fraction of sp³-hybridized carbons (Fsp3) is 0.350. The van der Waals surface area contributed by atoms with E-state index in [0.717, 1.165) is 16.1 Å². The standard InChI is InChI=1S/C20H26N2O5S/c1-15(20(23)21(2)14-16-9-7-6-8-10-16)22(28(5,24)25)17-11-12-18(26-3)19(13-17)27-4/h6-13,15H,14H2,1-5H3/t15-/m0/s1. The maximum Gasteiger partial charge on any atom is 0.246 e. The van der Waals surface area contributed by atoms with Crippen molar-refractivity contribution in [3.63, 3.8) is 0 Å². The van der Waals surface area contributed by atoms with Crippen molar-refractivity contribution in [2.45, 2.75) is 19.5 Å². The van der Waals surface area contributed by atoms with Crippen molar-refractivity contribution in [3.8, 4) is 11.5 Å². The van der Waals surface area contributed by atoms with Crippen molar-refractivity contribution in [1.29, 1.82) is 0 Å². The van der Waals surface area contributed by atoms with Crippen LogP contribution in [-0.2, 0) is 21.4 Å². The largest absolute Gasteiger partial charge is 0.493 e. The minimum atomic E-state index is -3.72. The number of amides is 1. The molecule has 1 amide bonds. The van der Waals surface area contributed by atoms with E-state index in [1.54, 1.807) is 32.2 Å². The van der Waals surface area contributed by atoms with Crippen molar-refractivity contribution < 1.29 is 22.7 Å². The number of methoxy groups -OCH3 is 2. The minimum absolute atomic E-state index is 0.316. The molecule has 0 saturated carbocycles. The first kappa shape index (κ1) is 21.6. The zero-order valence-electron chi connectivity index (χ0n) is 16.7. The van der Waals surface area contributed by atoms with Crippen molar-refractivity contribution in [2.24, 2.45) is 0 Å². The summed E-state index contributed by atoms with van der Waals surface area (Å²) in [4.78, 5) is 14.5. The molecule has 152 valence electrons. The number of sulfonamides is 1. The molecule has 2 aromatic rings. The second kappa shape index (κ2) is 8.97. The molecule has 0 heterocycles. The van der Waals surface area contributed by atoms with Gasteiger partial charge in [-0.05, 0) is 24.6 Å². The molecule has 2 aromatic carbocycles. The van der Waals surface area contributed by atoms with Crippen LogP contribution in [0.1, 0.15) is 12.5 Å². The van der Waals surface area contributed by atoms with E-state index in [9.17, 15) is 13.2 Å². The van der Waals surface area contributed by atoms with Crippen LogP contribution in [0.15, 0.2) is 48.5 Å². The first-order valence-electron chi connectivity index (χ1n) is 8.69. The lowest BCUT2D eigenvalue weighted by Gasteiger charge is -2.31. The second-order valence-electron chi connectivity index (χ2n) is 6.45. The predicted molar refractivity (Wildman–Crippen MR) is 109 cm³/mol. The maximum absolute atomic E-state index is 13.0. The van der Waals surface area contributed by atoms with Gasteiger partial charge < -0.3 is 14.4 Å². The molecule has 1 atom stereocenters. The van der Waals surface area contributed by atoms with Gasteiger partial charge in [0.15, 0.2) is 11.5 Å². The number of hydrogen-bond acceptors (Lipinski definition) is 5. The average Bonchev–Trinajstić information content (AvgIpc) is 2.66. The Balaban J connectivity index is 2.33. The normalized spacial score (nSPS) is 12.2. The van der Waals surface area contributed by atoms with Gasteiger partial charge in [0, 0.05) is 19.7 Å². The van der Waals surface area contributed by atoms with Crippen LogP contribution < -0.4 is 13.8 Å². The lowest BCUT2D eigenvalue weighted by atomic mass is 10.2. The van der Waals surface area contributed by atoms with Crippen LogP contribution in [0.2, 0.25) is 0 Å². The summed E-state index contributed by atoms with van der Waals surface area (Å²) in [6, 6.07) is 13.3. The fourth-order valence-electron chi connectivity index (χ4n) is 3.02. The topological polar surface area (TPSA) is 76.2 Å². The summed E-state index contributed by atoms with van der Waals surface area (Å²) in [6.07, 6.45) is 1.07. The number of likely N-dealkylation sites (N-methyl/N-ethyl adjacent to an activating group) is 1. The molecule has 0 aliphatic carbocycles. The summed E-state index contributed by atoms with van der Waals surface area (Å²) in [5.41, 5.74) is 1.29. The zero-order valence-corrected chi connectivity index (χ0v) is 17.6. The molecule has 0 N–H and O–H groups in total. The molecule has 0 aromatic heterocycles. The first-order chi connectivity index (χ1) is 13.2. The number of anilines is 1. The minimum Gasteiger partial charge on any atom is -0.493 e. The van der Waals surface area contributed by atoms with E-state index in [4.69, 9.17) is 9.47 Å². The van der Waals surface area contributed by atoms with E-state index < -0.39 is 16.1 Å². The summed E-state index contributed by atoms with van der Waals surface area (Å²) in [5, 5.41) is 0. The van der Waals surface area contributed by atoms with Gasteiger partial charge in [-0.3, -0.25) is 9.10 Å². The van der Waals surface area contributed by atoms with Gasteiger partial charge in [-0.1, -0.05) is 30.3 Å². The molecule has 0 radical (unpaired) electrons. The van der Waals surface area contributed by atoms with Crippen LogP contribution in [0.4, 0.5) is 5.69 Å². The molecule has 0 aliphatic rings. The zero-order chi connectivity index (χ0) is 20.9. The van der Waals surface area contributed by atoms with Crippen LogP contribution in [-0.4, -0.2) is 52.8 Å². The SMILES string of the molecule is COc1ccc(N([C@@H](C)C(=O)N(C)Cc2ccccc2)S(C)(=O)=O)cc1OC. The van der Waals surface area contributed by atoms with E-state index in [2.05, 4.69) is 0 Å². The monoisotopic (exact) mass is 406 g/mol. The van der Waals surface area contributed by atoms with Gasteiger partial charge in [0.2, 0.25) is 15.9 Å². The van der Waals surface area contributed by atoms with Crippen LogP contribution in [0.5, 0.6) is 11.5 Å². The second-order valence-corrected chi connectivity index (χ2v) is 8.31. The molecule has 0 aliphatic heterocycles. The maximum atomic E-state index is 13.0. The Hall–Kier alpha value is -2.74. The molecule has 0 bridgehead atoms. The Morgan fingerprint density at radius 3 is 2.18 bits per heavy atom. The number of hydrogen-bond donors (Lipinski definition) is 0. The van der Waals surface area contributed by atoms with Crippen molar-refractivity contribution in [1.82, 2.24) is 4.90 Å². The molecule has 2 rings (SSSR count). The summed E-state index contributed by atoms with van der Waals surface area (Å²) < 4.78 is 36.6. The summed E-state index contributed by atoms with van der Waals surface area (Å²) >= 11 is 0. The molecule has 0 spiro atoms. The van der Waals surface area contributed by atoms with E-state index in [-0.39, 0.29) is 5.91 Å². The van der Waals surface area contributed by atoms with E-state index >= 15 is 0 Å². The van der Waals surface area contributed by atoms with Gasteiger partial charge in [-0.2, -0.15) is 0 Å². The Morgan fingerprint density at radius 1 is 1.04 bits per heavy atom. The highest BCUT2D eigenvalue weighted by Gasteiger charge is 2.31. The predicted octanol–water partition coefficient (Wildman–Crippen LogP) is 2.52. The van der Waals surface area contributed by atoms with Crippen LogP contribution >= 0.6 is 0 Å². The lowest BCUT2D eigenvalue weighted by molar-refractivity contribution is -0.131. The van der Waals surface area contributed by atoms with E-state index in [1.165, 1.54) is 19.1 Å². The van der Waals surface area contributed by atoms with Crippen LogP contribution in [0, 0.1) is 0 Å². The Labute approximate surface area is 166 Å². The third kappa shape index (κ3) is 4.95. The molecular formula is C20H26N2O5S. The van der Waals surface area contributed by atoms with Crippen molar-refractivity contribution in [2.75, 3.05) is 31.8 Å². The summed E-state index contributed by atoms with van der Waals surface area (Å²) in [5.74, 6) is 0.537. The van der Waals surface area contributed by atoms with E-state index in [1.807, 2.05) is 30.3 Å². The molecule has 8 heteroatoms. The molecule has 7 nitrogen and oxygen atoms in total. The number of carbonyl (C=O) groups excluding carboxylic acids is 1. The first-order valence-corrected chi connectivity index (χ1v) is 10.5. The summed E-state index contributed by atoms with van der Waals surface area (Å²) in [6.45, 7) is 1.95. The Bertz CT molecular complexity index is 915. The third-order valence-electron chi connectivity index (χ3n) is 4.33.